The Kier molecular flexibility index (Phi) is 7.93. The van der Waals surface area contributed by atoms with Crippen LogP contribution in [-0.2, 0) is 14.9 Å². The molecule has 137 valence electrons. The van der Waals surface area contributed by atoms with E-state index in [4.69, 9.17) is 3.32 Å². The third kappa shape index (κ3) is 5.62. The van der Waals surface area contributed by atoms with E-state index in [1.54, 1.807) is 3.88 Å². The van der Waals surface area contributed by atoms with Crippen LogP contribution in [0.1, 0.15) is 18.9 Å². The van der Waals surface area contributed by atoms with Crippen molar-refractivity contribution in [2.45, 2.75) is 50.4 Å². The molecule has 1 aromatic carbocycles. The molecule has 0 saturated heterocycles. The van der Waals surface area contributed by atoms with E-state index in [1.165, 1.54) is 16.3 Å². The fraction of sp³-hybridized carbons (Fsp3) is 0.444. The van der Waals surface area contributed by atoms with E-state index in [0.29, 0.717) is 0 Å². The summed E-state index contributed by atoms with van der Waals surface area (Å²) in [6.07, 6.45) is 5.67. The fourth-order valence-electron chi connectivity index (χ4n) is 3.35. The number of allylic oxidation sites excluding steroid dienone is 4. The first-order valence-corrected chi connectivity index (χ1v) is 22.0. The molecule has 0 saturated carbocycles. The minimum Gasteiger partial charge on any atom is -0.147 e. The molecule has 0 atom stereocenters. The zero-order valence-electron chi connectivity index (χ0n) is 16.3. The molecule has 1 aliphatic carbocycles. The van der Waals surface area contributed by atoms with Crippen molar-refractivity contribution in [2.24, 2.45) is 0 Å². The second kappa shape index (κ2) is 7.85. The summed E-state index contributed by atoms with van der Waals surface area (Å²) in [5.74, 6) is 1.11. The first-order valence-electron chi connectivity index (χ1n) is 8.27. The maximum atomic E-state index is 6.84. The molecule has 0 radical (unpaired) electrons. The van der Waals surface area contributed by atoms with E-state index in [1.807, 2.05) is 0 Å². The number of halogens is 2. The van der Waals surface area contributed by atoms with Crippen LogP contribution in [0.15, 0.2) is 39.8 Å². The smallest absolute Gasteiger partial charge is 0.147 e. The van der Waals surface area contributed by atoms with Gasteiger partial charge in [0.15, 0.2) is 0 Å². The van der Waals surface area contributed by atoms with Gasteiger partial charge in [0, 0.05) is 0 Å². The Hall–Kier alpha value is 0.228. The summed E-state index contributed by atoms with van der Waals surface area (Å²) in [6, 6.07) is 6.90. The molecule has 0 amide bonds. The summed E-state index contributed by atoms with van der Waals surface area (Å²) in [5.41, 5.74) is 2.78. The number of rotatable bonds is 4. The standard InChI is InChI=1S/C10H16OSi.C6H7.2CH3.2ClH.H3Si.Ti/c1-8-5-9(11)7-10(6-8)12(2,3)4;1-6-4-2-3-5-6;;;;;;/h5-7,11H,1-4H3;2,4H,3H2,1H3;2*1H3;2*1H;1H3;/q;;;;;;;+1/p-1. The van der Waals surface area contributed by atoms with Crippen molar-refractivity contribution in [3.05, 3.63) is 45.4 Å². The summed E-state index contributed by atoms with van der Waals surface area (Å²) in [6.45, 7) is 11.7. The van der Waals surface area contributed by atoms with E-state index >= 15 is 0 Å². The maximum Gasteiger partial charge on any atom is -0.147 e. The van der Waals surface area contributed by atoms with Crippen LogP contribution in [0.5, 0.6) is 5.75 Å². The molecule has 0 fully saturated rings. The molecule has 6 heteroatoms. The van der Waals surface area contributed by atoms with E-state index in [2.05, 4.69) is 74.3 Å². The van der Waals surface area contributed by atoms with Crippen molar-refractivity contribution in [1.29, 1.82) is 0 Å². The second-order valence-corrected chi connectivity index (χ2v) is 36.7. The monoisotopic (exact) mass is 439 g/mol. The van der Waals surface area contributed by atoms with Gasteiger partial charge in [0.1, 0.15) is 0 Å². The molecule has 24 heavy (non-hydrogen) atoms. The summed E-state index contributed by atoms with van der Waals surface area (Å²) < 4.78 is 8.46. The Morgan fingerprint density at radius 3 is 2.08 bits per heavy atom. The van der Waals surface area contributed by atoms with Crippen LogP contribution in [0, 0.1) is 6.92 Å². The van der Waals surface area contributed by atoms with Gasteiger partial charge in [0.2, 0.25) is 0 Å². The van der Waals surface area contributed by atoms with Gasteiger partial charge in [-0.1, -0.05) is 0 Å². The minimum atomic E-state index is -2.95. The molecule has 0 N–H and O–H groups in total. The molecule has 0 aliphatic heterocycles. The molecule has 1 aromatic rings. The minimum absolute atomic E-state index is 0. The summed E-state index contributed by atoms with van der Waals surface area (Å²) >= 11 is -2.95. The number of hydrogen-bond acceptors (Lipinski definition) is 1. The molecule has 0 bridgehead atoms. The van der Waals surface area contributed by atoms with Crippen LogP contribution < -0.4 is 8.51 Å². The largest absolute Gasteiger partial charge is 0.147 e. The van der Waals surface area contributed by atoms with Gasteiger partial charge in [-0.3, -0.25) is 0 Å². The Bertz CT molecular complexity index is 668. The van der Waals surface area contributed by atoms with Crippen LogP contribution in [-0.4, -0.2) is 16.2 Å². The van der Waals surface area contributed by atoms with Gasteiger partial charge in [-0.25, -0.2) is 0 Å². The van der Waals surface area contributed by atoms with Crippen LogP contribution in [0.25, 0.3) is 0 Å². The van der Waals surface area contributed by atoms with Crippen LogP contribution >= 0.6 is 24.8 Å². The van der Waals surface area contributed by atoms with E-state index in [-0.39, 0.29) is 24.8 Å². The van der Waals surface area contributed by atoms with Crippen molar-refractivity contribution in [1.82, 2.24) is 0 Å². The van der Waals surface area contributed by atoms with Gasteiger partial charge in [-0.05, 0) is 0 Å². The van der Waals surface area contributed by atoms with Gasteiger partial charge < -0.3 is 0 Å². The van der Waals surface area contributed by atoms with Gasteiger partial charge in [0.05, 0.1) is 0 Å². The predicted molar refractivity (Wildman–Crippen MR) is 117 cm³/mol. The molecular weight excluding hydrogens is 407 g/mol. The Morgan fingerprint density at radius 2 is 1.62 bits per heavy atom. The van der Waals surface area contributed by atoms with Gasteiger partial charge >= 0.3 is 141 Å². The molecular formula is C18H33Cl2OSi2Ti. The zero-order valence-corrected chi connectivity index (χ0v) is 22.5. The quantitative estimate of drug-likeness (QED) is 0.601. The van der Waals surface area contributed by atoms with Crippen LogP contribution in [0.3, 0.4) is 0 Å². The van der Waals surface area contributed by atoms with Crippen LogP contribution in [0.2, 0.25) is 30.1 Å². The molecule has 0 aromatic heterocycles. The number of aryl methyl sites for hydroxylation is 1. The molecule has 1 nitrogen and oxygen atoms in total. The normalized spacial score (nSPS) is 16.2. The van der Waals surface area contributed by atoms with Crippen molar-refractivity contribution in [3.63, 3.8) is 0 Å². The third-order valence-electron chi connectivity index (χ3n) is 4.59. The fourth-order valence-corrected chi connectivity index (χ4v) is 13.2. The van der Waals surface area contributed by atoms with Crippen molar-refractivity contribution < 1.29 is 18.3 Å². The molecule has 0 heterocycles. The van der Waals surface area contributed by atoms with Gasteiger partial charge in [0.25, 0.3) is 0 Å². The first-order chi connectivity index (χ1) is 9.87. The first kappa shape index (κ1) is 24.2. The van der Waals surface area contributed by atoms with Gasteiger partial charge in [-0.2, -0.15) is 0 Å². The second-order valence-electron chi connectivity index (χ2n) is 9.12. The van der Waals surface area contributed by atoms with E-state index < -0.39 is 23.0 Å². The van der Waals surface area contributed by atoms with E-state index in [0.717, 1.165) is 20.3 Å². The van der Waals surface area contributed by atoms with Crippen molar-refractivity contribution in [2.75, 3.05) is 0 Å². The Labute approximate surface area is 165 Å². The maximum absolute atomic E-state index is 6.84. The number of benzene rings is 1. The average molecular weight is 440 g/mol. The Balaban J connectivity index is 0.00000264. The zero-order chi connectivity index (χ0) is 16.8. The average Bonchev–Trinajstić information content (AvgIpc) is 2.73. The van der Waals surface area contributed by atoms with Crippen LogP contribution in [0.4, 0.5) is 0 Å². The van der Waals surface area contributed by atoms with E-state index in [9.17, 15) is 0 Å². The van der Waals surface area contributed by atoms with Gasteiger partial charge in [-0.15, -0.1) is 24.8 Å². The molecule has 2 rings (SSSR count). The molecule has 1 aliphatic rings. The Morgan fingerprint density at radius 1 is 1.04 bits per heavy atom. The summed E-state index contributed by atoms with van der Waals surface area (Å²) in [7, 11) is -0.172. The molecule has 0 spiro atoms. The topological polar surface area (TPSA) is 9.23 Å². The number of hydrogen-bond donors (Lipinski definition) is 0. The van der Waals surface area contributed by atoms with Crippen molar-refractivity contribution in [3.8, 4) is 5.75 Å². The van der Waals surface area contributed by atoms with Crippen molar-refractivity contribution >= 4 is 46.2 Å². The summed E-state index contributed by atoms with van der Waals surface area (Å²) in [4.78, 5) is 0. The molecule has 0 unspecified atom stereocenters. The SMILES string of the molecule is CC1=[C]([Ti]([CH3])([CH3])([SiH3])[O]c2cc(C)cc([Si](C)(C)C)c2)CC=C1.Cl.Cl. The summed E-state index contributed by atoms with van der Waals surface area (Å²) in [5, 5.41) is 6.40. The predicted octanol–water partition coefficient (Wildman–Crippen LogP) is 4.98. The third-order valence-corrected chi connectivity index (χ3v) is 15.6.